The maximum absolute atomic E-state index is 12.3. The molecule has 1 aromatic carbocycles. The predicted octanol–water partition coefficient (Wildman–Crippen LogP) is 2.15. The fraction of sp³-hybridized carbons (Fsp3) is 0.538. The van der Waals surface area contributed by atoms with Crippen LogP contribution >= 0.6 is 0 Å². The highest BCUT2D eigenvalue weighted by molar-refractivity contribution is 7.91. The van der Waals surface area contributed by atoms with E-state index in [0.29, 0.717) is 13.0 Å². The summed E-state index contributed by atoms with van der Waals surface area (Å²) in [7, 11) is -3.12. The molecule has 1 atom stereocenters. The molecule has 0 saturated carbocycles. The minimum atomic E-state index is -3.12. The van der Waals surface area contributed by atoms with Crippen molar-refractivity contribution in [1.82, 2.24) is 0 Å². The molecule has 0 aliphatic carbocycles. The van der Waals surface area contributed by atoms with Crippen LogP contribution in [0.3, 0.4) is 0 Å². The van der Waals surface area contributed by atoms with Crippen LogP contribution in [0.2, 0.25) is 0 Å². The molecule has 0 radical (unpaired) electrons. The summed E-state index contributed by atoms with van der Waals surface area (Å²) in [5.74, 6) is 0.357. The van der Waals surface area contributed by atoms with Crippen LogP contribution in [-0.2, 0) is 9.84 Å². The number of hydrogen-bond acceptors (Lipinski definition) is 3. The number of hydrogen-bond donors (Lipinski definition) is 1. The second-order valence-electron chi connectivity index (χ2n) is 4.70. The second-order valence-corrected chi connectivity index (χ2v) is 6.93. The van der Waals surface area contributed by atoms with Gasteiger partial charge in [0.1, 0.15) is 0 Å². The summed E-state index contributed by atoms with van der Waals surface area (Å²) < 4.78 is 24.6. The summed E-state index contributed by atoms with van der Waals surface area (Å²) >= 11 is 0. The van der Waals surface area contributed by atoms with Gasteiger partial charge in [0.15, 0.2) is 9.84 Å². The predicted molar refractivity (Wildman–Crippen MR) is 71.5 cm³/mol. The lowest BCUT2D eigenvalue weighted by Crippen LogP contribution is -2.22. The molecule has 0 spiro atoms. The Morgan fingerprint density at radius 1 is 1.18 bits per heavy atom. The lowest BCUT2D eigenvalue weighted by atomic mass is 10.1. The van der Waals surface area contributed by atoms with Crippen molar-refractivity contribution >= 4 is 9.84 Å². The van der Waals surface area contributed by atoms with Gasteiger partial charge in [-0.15, -0.1) is 0 Å². The zero-order valence-corrected chi connectivity index (χ0v) is 11.3. The maximum Gasteiger partial charge on any atom is 0.157 e. The van der Waals surface area contributed by atoms with Gasteiger partial charge in [-0.1, -0.05) is 44.2 Å². The lowest BCUT2D eigenvalue weighted by molar-refractivity contribution is 0.563. The molecule has 1 rings (SSSR count). The minimum absolute atomic E-state index is 0.143. The van der Waals surface area contributed by atoms with Crippen LogP contribution in [0.5, 0.6) is 0 Å². The Bertz CT molecular complexity index is 426. The number of sulfone groups is 1. The molecule has 0 amide bonds. The maximum atomic E-state index is 12.3. The van der Waals surface area contributed by atoms with Crippen LogP contribution in [0.15, 0.2) is 30.3 Å². The average molecular weight is 255 g/mol. The van der Waals surface area contributed by atoms with Gasteiger partial charge < -0.3 is 5.73 Å². The molecule has 3 nitrogen and oxygen atoms in total. The zero-order valence-electron chi connectivity index (χ0n) is 10.5. The van der Waals surface area contributed by atoms with E-state index in [1.54, 1.807) is 0 Å². The summed E-state index contributed by atoms with van der Waals surface area (Å²) in [4.78, 5) is 0. The highest BCUT2D eigenvalue weighted by Crippen LogP contribution is 2.27. The molecule has 0 aliphatic rings. The fourth-order valence-electron chi connectivity index (χ4n) is 1.95. The molecule has 1 aromatic rings. The van der Waals surface area contributed by atoms with Gasteiger partial charge in [0, 0.05) is 0 Å². The van der Waals surface area contributed by atoms with Crippen molar-refractivity contribution < 1.29 is 8.42 Å². The molecule has 0 heterocycles. The van der Waals surface area contributed by atoms with E-state index in [4.69, 9.17) is 5.73 Å². The molecule has 96 valence electrons. The quantitative estimate of drug-likeness (QED) is 0.847. The van der Waals surface area contributed by atoms with E-state index in [-0.39, 0.29) is 11.7 Å². The van der Waals surface area contributed by atoms with E-state index >= 15 is 0 Å². The minimum Gasteiger partial charge on any atom is -0.330 e. The third-order valence-corrected chi connectivity index (χ3v) is 5.11. The largest absolute Gasteiger partial charge is 0.330 e. The molecule has 2 N–H and O–H groups in total. The van der Waals surface area contributed by atoms with Gasteiger partial charge in [-0.25, -0.2) is 8.42 Å². The summed E-state index contributed by atoms with van der Waals surface area (Å²) in [6.45, 7) is 4.22. The molecule has 0 saturated heterocycles. The van der Waals surface area contributed by atoms with E-state index in [1.165, 1.54) is 0 Å². The second kappa shape index (κ2) is 6.17. The van der Waals surface area contributed by atoms with Gasteiger partial charge in [0.25, 0.3) is 0 Å². The van der Waals surface area contributed by atoms with Gasteiger partial charge in [0.05, 0.1) is 11.0 Å². The summed E-state index contributed by atoms with van der Waals surface area (Å²) in [6, 6.07) is 9.34. The van der Waals surface area contributed by atoms with E-state index in [0.717, 1.165) is 5.56 Å². The van der Waals surface area contributed by atoms with Crippen LogP contribution in [0, 0.1) is 5.92 Å². The normalized spacial score (nSPS) is 13.9. The Balaban J connectivity index is 3.01. The average Bonchev–Trinajstić information content (AvgIpc) is 2.25. The topological polar surface area (TPSA) is 60.2 Å². The van der Waals surface area contributed by atoms with Crippen LogP contribution < -0.4 is 5.73 Å². The van der Waals surface area contributed by atoms with Gasteiger partial charge in [-0.2, -0.15) is 0 Å². The first-order chi connectivity index (χ1) is 7.97. The molecule has 4 heteroatoms. The van der Waals surface area contributed by atoms with E-state index in [1.807, 2.05) is 44.2 Å². The standard InChI is InChI=1S/C13H21NO2S/c1-11(2)10-17(15,16)13(8-9-14)12-6-4-3-5-7-12/h3-7,11,13H,8-10,14H2,1-2H3. The van der Waals surface area contributed by atoms with E-state index in [9.17, 15) is 8.42 Å². The van der Waals surface area contributed by atoms with Crippen LogP contribution in [0.25, 0.3) is 0 Å². The van der Waals surface area contributed by atoms with Crippen LogP contribution in [-0.4, -0.2) is 20.7 Å². The molecular weight excluding hydrogens is 234 g/mol. The van der Waals surface area contributed by atoms with Crippen LogP contribution in [0.4, 0.5) is 0 Å². The van der Waals surface area contributed by atoms with Crippen LogP contribution in [0.1, 0.15) is 31.1 Å². The van der Waals surface area contributed by atoms with E-state index < -0.39 is 15.1 Å². The smallest absolute Gasteiger partial charge is 0.157 e. The SMILES string of the molecule is CC(C)CS(=O)(=O)C(CCN)c1ccccc1. The molecule has 0 aromatic heterocycles. The van der Waals surface area contributed by atoms with Gasteiger partial charge in [-0.05, 0) is 24.4 Å². The first kappa shape index (κ1) is 14.2. The Labute approximate surface area is 104 Å². The molecule has 0 aliphatic heterocycles. The molecule has 17 heavy (non-hydrogen) atoms. The van der Waals surface area contributed by atoms with Crippen molar-refractivity contribution in [3.8, 4) is 0 Å². The molecule has 1 unspecified atom stereocenters. The Morgan fingerprint density at radius 2 is 1.76 bits per heavy atom. The lowest BCUT2D eigenvalue weighted by Gasteiger charge is -2.18. The number of nitrogens with two attached hydrogens (primary N) is 1. The number of rotatable bonds is 6. The molecular formula is C13H21NO2S. The Hall–Kier alpha value is -0.870. The first-order valence-corrected chi connectivity index (χ1v) is 7.65. The molecule has 0 fully saturated rings. The fourth-order valence-corrected chi connectivity index (χ4v) is 4.18. The summed E-state index contributed by atoms with van der Waals surface area (Å²) in [5, 5.41) is -0.462. The van der Waals surface area contributed by atoms with Crippen molar-refractivity contribution in [1.29, 1.82) is 0 Å². The zero-order chi connectivity index (χ0) is 12.9. The van der Waals surface area contributed by atoms with Crippen molar-refractivity contribution in [3.63, 3.8) is 0 Å². The Kier molecular flexibility index (Phi) is 5.15. The molecule has 0 bridgehead atoms. The Morgan fingerprint density at radius 3 is 2.24 bits per heavy atom. The van der Waals surface area contributed by atoms with E-state index in [2.05, 4.69) is 0 Å². The highest BCUT2D eigenvalue weighted by atomic mass is 32.2. The third-order valence-electron chi connectivity index (χ3n) is 2.60. The van der Waals surface area contributed by atoms with Crippen molar-refractivity contribution in [2.24, 2.45) is 11.7 Å². The van der Waals surface area contributed by atoms with Crippen molar-refractivity contribution in [3.05, 3.63) is 35.9 Å². The van der Waals surface area contributed by atoms with Crippen molar-refractivity contribution in [2.75, 3.05) is 12.3 Å². The van der Waals surface area contributed by atoms with Crippen molar-refractivity contribution in [2.45, 2.75) is 25.5 Å². The number of benzene rings is 1. The summed E-state index contributed by atoms with van der Waals surface area (Å²) in [5.41, 5.74) is 6.38. The van der Waals surface area contributed by atoms with Gasteiger partial charge in [-0.3, -0.25) is 0 Å². The highest BCUT2D eigenvalue weighted by Gasteiger charge is 2.26. The summed E-state index contributed by atoms with van der Waals surface area (Å²) in [6.07, 6.45) is 0.485. The monoisotopic (exact) mass is 255 g/mol. The third kappa shape index (κ3) is 4.13. The van der Waals surface area contributed by atoms with Gasteiger partial charge in [0.2, 0.25) is 0 Å². The first-order valence-electron chi connectivity index (χ1n) is 5.94. The van der Waals surface area contributed by atoms with Gasteiger partial charge >= 0.3 is 0 Å².